The van der Waals surface area contributed by atoms with Crippen LogP contribution in [0.2, 0.25) is 0 Å². The lowest BCUT2D eigenvalue weighted by atomic mass is 10.1. The highest BCUT2D eigenvalue weighted by Gasteiger charge is 2.21. The van der Waals surface area contributed by atoms with Crippen molar-refractivity contribution >= 4 is 38.1 Å². The van der Waals surface area contributed by atoms with E-state index >= 15 is 0 Å². The predicted molar refractivity (Wildman–Crippen MR) is 137 cm³/mol. The minimum absolute atomic E-state index is 0.528. The van der Waals surface area contributed by atoms with Crippen LogP contribution in [0.5, 0.6) is 0 Å². The molecule has 8 nitrogen and oxygen atoms in total. The van der Waals surface area contributed by atoms with Crippen molar-refractivity contribution in [1.29, 1.82) is 0 Å². The van der Waals surface area contributed by atoms with Gasteiger partial charge in [-0.3, -0.25) is 10.1 Å². The molecule has 1 saturated heterocycles. The van der Waals surface area contributed by atoms with Crippen LogP contribution in [-0.2, 0) is 0 Å². The number of aryl methyl sites for hydroxylation is 1. The average Bonchev–Trinajstić information content (AvgIpc) is 3.62. The third-order valence-electron chi connectivity index (χ3n) is 5.94. The number of thiazole rings is 1. The number of nitrogens with zero attached hydrogens (tertiary/aromatic N) is 5. The van der Waals surface area contributed by atoms with Gasteiger partial charge in [-0.25, -0.2) is 9.98 Å². The Labute approximate surface area is 197 Å². The van der Waals surface area contributed by atoms with Crippen molar-refractivity contribution < 1.29 is 0 Å². The summed E-state index contributed by atoms with van der Waals surface area (Å²) >= 11 is 1.65. The molecule has 4 aromatic heterocycles. The van der Waals surface area contributed by atoms with Crippen molar-refractivity contribution in [3.05, 3.63) is 42.2 Å². The van der Waals surface area contributed by atoms with E-state index in [0.29, 0.717) is 6.04 Å². The van der Waals surface area contributed by atoms with Gasteiger partial charge in [-0.2, -0.15) is 5.10 Å². The number of rotatable bonds is 5. The average molecular weight is 461 g/mol. The number of hydrogen-bond donors (Lipinski definition) is 3. The zero-order chi connectivity index (χ0) is 23.4. The third-order valence-corrected chi connectivity index (χ3v) is 7.08. The van der Waals surface area contributed by atoms with Gasteiger partial charge in [-0.1, -0.05) is 11.3 Å². The molecule has 5 rings (SSSR count). The van der Waals surface area contributed by atoms with Gasteiger partial charge < -0.3 is 15.2 Å². The minimum atomic E-state index is 0.528. The smallest absolute Gasteiger partial charge is 0.187 e. The van der Waals surface area contributed by atoms with Gasteiger partial charge >= 0.3 is 0 Å². The van der Waals surface area contributed by atoms with E-state index in [1.54, 1.807) is 11.3 Å². The summed E-state index contributed by atoms with van der Waals surface area (Å²) in [6.07, 6.45) is 17.8. The highest BCUT2D eigenvalue weighted by molar-refractivity contribution is 7.19. The normalized spacial score (nSPS) is 14.8. The zero-order valence-corrected chi connectivity index (χ0v) is 19.9. The van der Waals surface area contributed by atoms with Crippen molar-refractivity contribution in [2.24, 2.45) is 4.99 Å². The van der Waals surface area contributed by atoms with E-state index in [4.69, 9.17) is 15.0 Å². The zero-order valence-electron chi connectivity index (χ0n) is 19.1. The van der Waals surface area contributed by atoms with Gasteiger partial charge in [0.2, 0.25) is 0 Å². The van der Waals surface area contributed by atoms with Gasteiger partial charge in [0.25, 0.3) is 0 Å². The third kappa shape index (κ3) is 4.53. The highest BCUT2D eigenvalue weighted by Crippen LogP contribution is 2.35. The number of H-pyrrole nitrogens is 2. The number of pyridine rings is 1. The molecule has 0 saturated carbocycles. The number of aromatic nitrogens is 5. The van der Waals surface area contributed by atoms with Crippen LogP contribution in [0.25, 0.3) is 22.0 Å². The van der Waals surface area contributed by atoms with Crippen LogP contribution in [0.15, 0.2) is 35.8 Å². The van der Waals surface area contributed by atoms with Crippen LogP contribution in [0.1, 0.15) is 31.2 Å². The maximum Gasteiger partial charge on any atom is 0.187 e. The number of nitrogens with one attached hydrogen (secondary N) is 3. The van der Waals surface area contributed by atoms with Crippen molar-refractivity contribution in [2.45, 2.75) is 32.7 Å². The van der Waals surface area contributed by atoms with Crippen LogP contribution in [0, 0.1) is 19.8 Å². The number of aliphatic imine (C=N–C) groups is 1. The first-order valence-corrected chi connectivity index (χ1v) is 11.7. The molecule has 0 aliphatic carbocycles. The molecule has 5 heterocycles. The topological polar surface area (TPSA) is 97.9 Å². The second kappa shape index (κ2) is 9.98. The number of piperidine rings is 1. The number of anilines is 1. The molecule has 4 aromatic rings. The van der Waals surface area contributed by atoms with Crippen LogP contribution in [0.4, 0.5) is 10.1 Å². The molecule has 170 valence electrons. The molecule has 0 atom stereocenters. The van der Waals surface area contributed by atoms with Gasteiger partial charge in [0.05, 0.1) is 23.1 Å². The van der Waals surface area contributed by atoms with Crippen molar-refractivity contribution in [1.82, 2.24) is 30.5 Å². The Morgan fingerprint density at radius 2 is 2.03 bits per heavy atom. The van der Waals surface area contributed by atoms with E-state index in [-0.39, 0.29) is 0 Å². The lowest BCUT2D eigenvalue weighted by Crippen LogP contribution is -2.41. The minimum Gasteiger partial charge on any atom is -0.359 e. The van der Waals surface area contributed by atoms with E-state index in [1.807, 2.05) is 38.6 Å². The lowest BCUT2D eigenvalue weighted by molar-refractivity contribution is 0.443. The van der Waals surface area contributed by atoms with Gasteiger partial charge in [-0.15, -0.1) is 12.8 Å². The van der Waals surface area contributed by atoms with E-state index in [0.717, 1.165) is 75.2 Å². The monoisotopic (exact) mass is 460 g/mol. The first-order valence-electron chi connectivity index (χ1n) is 10.9. The van der Waals surface area contributed by atoms with Crippen LogP contribution in [-0.4, -0.2) is 57.0 Å². The number of terminal acetylenes is 1. The Morgan fingerprint density at radius 1 is 1.24 bits per heavy atom. The predicted octanol–water partition coefficient (Wildman–Crippen LogP) is 4.30. The first kappa shape index (κ1) is 22.7. The summed E-state index contributed by atoms with van der Waals surface area (Å²) in [6.45, 7) is 6.17. The van der Waals surface area contributed by atoms with Crippen LogP contribution in [0.3, 0.4) is 0 Å². The fraction of sp³-hybridized carbons (Fsp3) is 0.333. The summed E-state index contributed by atoms with van der Waals surface area (Å²) in [7, 11) is 2.15. The van der Waals surface area contributed by atoms with E-state index in [1.165, 1.54) is 0 Å². The van der Waals surface area contributed by atoms with Crippen molar-refractivity contribution in [3.63, 3.8) is 0 Å². The molecule has 0 unspecified atom stereocenters. The molecule has 1 fully saturated rings. The van der Waals surface area contributed by atoms with E-state index < -0.39 is 0 Å². The molecule has 9 heteroatoms. The molecular formula is C24H28N8S. The second-order valence-electron chi connectivity index (χ2n) is 7.95. The Kier molecular flexibility index (Phi) is 6.87. The maximum absolute atomic E-state index is 4.93. The molecule has 0 radical (unpaired) electrons. The summed E-state index contributed by atoms with van der Waals surface area (Å²) in [6, 6.07) is 2.60. The quantitative estimate of drug-likeness (QED) is 0.305. The summed E-state index contributed by atoms with van der Waals surface area (Å²) in [4.78, 5) is 20.1. The number of aromatic amines is 2. The molecule has 3 N–H and O–H groups in total. The Balaban J connectivity index is 0.00000126. The summed E-state index contributed by atoms with van der Waals surface area (Å²) in [5, 5.41) is 13.4. The standard InChI is InChI=1S/C22H26N8S.C2H2/c1-13(19-20-17(6-9-24-20)18(12-25-19)15-10-26-27-11-15)28-21-14(2)29-22(31-21)30(3)16-4-7-23-8-5-16;1-2/h6,9-12,16,23-24H,4-5,7-8H2,1-3H3,(H,26,27);1-2H/b28-13+;. The van der Waals surface area contributed by atoms with E-state index in [2.05, 4.69) is 51.4 Å². The molecule has 33 heavy (non-hydrogen) atoms. The van der Waals surface area contributed by atoms with Crippen molar-refractivity contribution in [3.8, 4) is 24.0 Å². The molecule has 0 aromatic carbocycles. The lowest BCUT2D eigenvalue weighted by Gasteiger charge is -2.31. The Hall–Kier alpha value is -3.48. The number of hydrogen-bond acceptors (Lipinski definition) is 7. The summed E-state index contributed by atoms with van der Waals surface area (Å²) < 4.78 is 0. The molecule has 1 aliphatic heterocycles. The van der Waals surface area contributed by atoms with Crippen LogP contribution >= 0.6 is 11.3 Å². The largest absolute Gasteiger partial charge is 0.359 e. The molecule has 0 amide bonds. The number of fused-ring (bicyclic) bond motifs is 1. The molecule has 0 spiro atoms. The first-order chi connectivity index (χ1) is 16.1. The van der Waals surface area contributed by atoms with Gasteiger partial charge in [0, 0.05) is 48.2 Å². The second-order valence-corrected chi connectivity index (χ2v) is 8.91. The van der Waals surface area contributed by atoms with E-state index in [9.17, 15) is 0 Å². The molecule has 1 aliphatic rings. The molecular weight excluding hydrogens is 432 g/mol. The SMILES string of the molecule is C#C.C/C(=N\c1sc(N(C)C2CCNCC2)nc1C)c1ncc(-c2cn[nH]c2)c2cc[nH]c12. The van der Waals surface area contributed by atoms with Gasteiger partial charge in [0.1, 0.15) is 10.7 Å². The summed E-state index contributed by atoms with van der Waals surface area (Å²) in [5.74, 6) is 0. The molecule has 0 bridgehead atoms. The maximum atomic E-state index is 4.93. The Morgan fingerprint density at radius 3 is 2.76 bits per heavy atom. The fourth-order valence-electron chi connectivity index (χ4n) is 4.14. The van der Waals surface area contributed by atoms with Crippen LogP contribution < -0.4 is 10.2 Å². The van der Waals surface area contributed by atoms with Gasteiger partial charge in [0.15, 0.2) is 5.13 Å². The highest BCUT2D eigenvalue weighted by atomic mass is 32.1. The summed E-state index contributed by atoms with van der Waals surface area (Å²) in [5.41, 5.74) is 5.72. The Bertz CT molecular complexity index is 1260. The van der Waals surface area contributed by atoms with Gasteiger partial charge in [-0.05, 0) is 45.8 Å². The van der Waals surface area contributed by atoms with Crippen molar-refractivity contribution in [2.75, 3.05) is 25.0 Å². The fourth-order valence-corrected chi connectivity index (χ4v) is 5.16.